The third kappa shape index (κ3) is 2.41. The molecule has 0 aliphatic carbocycles. The summed E-state index contributed by atoms with van der Waals surface area (Å²) in [6, 6.07) is 13.3. The molecule has 6 heteroatoms. The Morgan fingerprint density at radius 3 is 3.00 bits per heavy atom. The number of amides is 1. The van der Waals surface area contributed by atoms with Gasteiger partial charge in [0.2, 0.25) is 0 Å². The summed E-state index contributed by atoms with van der Waals surface area (Å²) in [4.78, 5) is 18.4. The third-order valence-corrected chi connectivity index (χ3v) is 4.88. The first-order valence-corrected chi connectivity index (χ1v) is 8.03. The van der Waals surface area contributed by atoms with Gasteiger partial charge >= 0.3 is 0 Å². The van der Waals surface area contributed by atoms with Crippen LogP contribution in [-0.4, -0.2) is 17.4 Å². The van der Waals surface area contributed by atoms with Crippen molar-refractivity contribution in [1.29, 1.82) is 5.26 Å². The molecular weight excluding hydrogens is 308 g/mol. The van der Waals surface area contributed by atoms with Gasteiger partial charge in [-0.25, -0.2) is 4.98 Å². The summed E-state index contributed by atoms with van der Waals surface area (Å²) in [5, 5.41) is 12.4. The molecule has 5 nitrogen and oxygen atoms in total. The highest BCUT2D eigenvalue weighted by Gasteiger charge is 2.19. The number of nitriles is 1. The van der Waals surface area contributed by atoms with E-state index in [0.29, 0.717) is 11.6 Å². The van der Waals surface area contributed by atoms with E-state index in [-0.39, 0.29) is 5.91 Å². The second kappa shape index (κ2) is 5.38. The van der Waals surface area contributed by atoms with Crippen LogP contribution in [0.3, 0.4) is 0 Å². The number of nitrogens with zero attached hydrogens (tertiary/aromatic N) is 3. The van der Waals surface area contributed by atoms with Crippen molar-refractivity contribution in [1.82, 2.24) is 4.98 Å². The summed E-state index contributed by atoms with van der Waals surface area (Å²) in [5.41, 5.74) is 3.56. The Balaban J connectivity index is 1.58. The predicted molar refractivity (Wildman–Crippen MR) is 90.7 cm³/mol. The van der Waals surface area contributed by atoms with Crippen LogP contribution in [0, 0.1) is 11.5 Å². The van der Waals surface area contributed by atoms with Crippen LogP contribution in [0.15, 0.2) is 42.5 Å². The van der Waals surface area contributed by atoms with E-state index in [0.717, 1.165) is 33.6 Å². The molecule has 2 heterocycles. The van der Waals surface area contributed by atoms with Crippen molar-refractivity contribution in [3.05, 3.63) is 53.0 Å². The standard InChI is InChI=1S/C17H12N4OS/c18-10-21-8-7-11-9-12(5-6-14(11)21)19-16(22)17-20-13-3-1-2-4-15(13)23-17/h1-6,9H,7-8H2,(H,19,22). The first-order chi connectivity index (χ1) is 11.2. The lowest BCUT2D eigenvalue weighted by Gasteiger charge is -2.09. The van der Waals surface area contributed by atoms with E-state index < -0.39 is 0 Å². The highest BCUT2D eigenvalue weighted by atomic mass is 32.1. The van der Waals surface area contributed by atoms with Gasteiger partial charge in [-0.1, -0.05) is 12.1 Å². The molecule has 2 aromatic carbocycles. The average Bonchev–Trinajstić information content (AvgIpc) is 3.18. The Labute approximate surface area is 136 Å². The van der Waals surface area contributed by atoms with Crippen LogP contribution in [0.4, 0.5) is 11.4 Å². The molecule has 1 N–H and O–H groups in total. The maximum Gasteiger partial charge on any atom is 0.284 e. The molecule has 3 aromatic rings. The molecule has 23 heavy (non-hydrogen) atoms. The number of nitrogens with one attached hydrogen (secondary N) is 1. The fourth-order valence-corrected chi connectivity index (χ4v) is 3.60. The topological polar surface area (TPSA) is 69.0 Å². The highest BCUT2D eigenvalue weighted by molar-refractivity contribution is 7.20. The lowest BCUT2D eigenvalue weighted by atomic mass is 10.1. The summed E-state index contributed by atoms with van der Waals surface area (Å²) in [7, 11) is 0. The van der Waals surface area contributed by atoms with E-state index in [9.17, 15) is 4.79 Å². The van der Waals surface area contributed by atoms with E-state index >= 15 is 0 Å². The molecule has 0 unspecified atom stereocenters. The van der Waals surface area contributed by atoms with E-state index in [1.165, 1.54) is 11.3 Å². The number of para-hydroxylation sites is 1. The van der Waals surface area contributed by atoms with Gasteiger partial charge in [0.05, 0.1) is 15.9 Å². The molecule has 1 amide bonds. The van der Waals surface area contributed by atoms with E-state index in [4.69, 9.17) is 5.26 Å². The molecule has 0 saturated heterocycles. The van der Waals surface area contributed by atoms with Gasteiger partial charge in [-0.15, -0.1) is 11.3 Å². The zero-order valence-corrected chi connectivity index (χ0v) is 12.9. The molecule has 4 rings (SSSR count). The zero-order valence-electron chi connectivity index (χ0n) is 12.1. The van der Waals surface area contributed by atoms with Crippen LogP contribution in [-0.2, 0) is 6.42 Å². The van der Waals surface area contributed by atoms with Gasteiger partial charge in [0, 0.05) is 12.2 Å². The number of thiazole rings is 1. The van der Waals surface area contributed by atoms with E-state index in [1.807, 2.05) is 42.5 Å². The molecular formula is C17H12N4OS. The monoisotopic (exact) mass is 320 g/mol. The number of hydrogen-bond donors (Lipinski definition) is 1. The van der Waals surface area contributed by atoms with Gasteiger partial charge in [-0.2, -0.15) is 5.26 Å². The number of fused-ring (bicyclic) bond motifs is 2. The molecule has 0 saturated carbocycles. The minimum atomic E-state index is -0.207. The predicted octanol–water partition coefficient (Wildman–Crippen LogP) is 3.39. The Bertz CT molecular complexity index is 924. The summed E-state index contributed by atoms with van der Waals surface area (Å²) in [6.07, 6.45) is 2.97. The van der Waals surface area contributed by atoms with E-state index in [2.05, 4.69) is 16.5 Å². The Hall–Kier alpha value is -2.91. The molecule has 0 radical (unpaired) electrons. The van der Waals surface area contributed by atoms with Crippen molar-refractivity contribution < 1.29 is 4.79 Å². The van der Waals surface area contributed by atoms with Crippen molar-refractivity contribution in [3.63, 3.8) is 0 Å². The van der Waals surface area contributed by atoms with Crippen molar-refractivity contribution in [2.75, 3.05) is 16.8 Å². The number of rotatable bonds is 2. The molecule has 1 aromatic heterocycles. The van der Waals surface area contributed by atoms with Crippen LogP contribution in [0.1, 0.15) is 15.4 Å². The van der Waals surface area contributed by atoms with Crippen molar-refractivity contribution in [2.45, 2.75) is 6.42 Å². The molecule has 1 aliphatic rings. The normalized spacial score (nSPS) is 12.9. The van der Waals surface area contributed by atoms with Crippen LogP contribution in [0.5, 0.6) is 0 Å². The fraction of sp³-hybridized carbons (Fsp3) is 0.118. The SMILES string of the molecule is N#CN1CCc2cc(NC(=O)c3nc4ccccc4s3)ccc21. The van der Waals surface area contributed by atoms with Crippen LogP contribution in [0.2, 0.25) is 0 Å². The second-order valence-electron chi connectivity index (χ2n) is 5.29. The van der Waals surface area contributed by atoms with Crippen LogP contribution < -0.4 is 10.2 Å². The van der Waals surface area contributed by atoms with Gasteiger partial charge in [0.25, 0.3) is 5.91 Å². The first kappa shape index (κ1) is 13.7. The quantitative estimate of drug-likeness (QED) is 0.735. The minimum absolute atomic E-state index is 0.207. The average molecular weight is 320 g/mol. The zero-order chi connectivity index (χ0) is 15.8. The fourth-order valence-electron chi connectivity index (χ4n) is 2.74. The van der Waals surface area contributed by atoms with Gasteiger partial charge in [-0.05, 0) is 42.3 Å². The number of aromatic nitrogens is 1. The van der Waals surface area contributed by atoms with Crippen molar-refractivity contribution >= 4 is 38.8 Å². The summed E-state index contributed by atoms with van der Waals surface area (Å²) in [6.45, 7) is 0.696. The van der Waals surface area contributed by atoms with Gasteiger partial charge in [0.15, 0.2) is 11.2 Å². The molecule has 1 aliphatic heterocycles. The molecule has 0 fully saturated rings. The smallest absolute Gasteiger partial charge is 0.284 e. The van der Waals surface area contributed by atoms with Gasteiger partial charge in [-0.3, -0.25) is 9.69 Å². The van der Waals surface area contributed by atoms with Crippen LogP contribution >= 0.6 is 11.3 Å². The summed E-state index contributed by atoms with van der Waals surface area (Å²) >= 11 is 1.38. The second-order valence-corrected chi connectivity index (χ2v) is 6.32. The Morgan fingerprint density at radius 1 is 1.30 bits per heavy atom. The lowest BCUT2D eigenvalue weighted by Crippen LogP contribution is -2.12. The van der Waals surface area contributed by atoms with Crippen LogP contribution in [0.25, 0.3) is 10.2 Å². The Morgan fingerprint density at radius 2 is 2.17 bits per heavy atom. The number of benzene rings is 2. The number of carbonyl (C=O) groups is 1. The van der Waals surface area contributed by atoms with E-state index in [1.54, 1.807) is 4.90 Å². The number of hydrogen-bond acceptors (Lipinski definition) is 5. The summed E-state index contributed by atoms with van der Waals surface area (Å²) in [5.74, 6) is -0.207. The van der Waals surface area contributed by atoms with Gasteiger partial charge in [0.1, 0.15) is 0 Å². The molecule has 112 valence electrons. The van der Waals surface area contributed by atoms with Gasteiger partial charge < -0.3 is 5.32 Å². The van der Waals surface area contributed by atoms with Crippen molar-refractivity contribution in [2.24, 2.45) is 0 Å². The first-order valence-electron chi connectivity index (χ1n) is 7.22. The maximum absolute atomic E-state index is 12.4. The molecule has 0 bridgehead atoms. The molecule has 0 spiro atoms. The maximum atomic E-state index is 12.4. The summed E-state index contributed by atoms with van der Waals surface area (Å²) < 4.78 is 0.997. The number of anilines is 2. The largest absolute Gasteiger partial charge is 0.320 e. The van der Waals surface area contributed by atoms with Crippen molar-refractivity contribution in [3.8, 4) is 6.19 Å². The Kier molecular flexibility index (Phi) is 3.21. The number of carbonyl (C=O) groups excluding carboxylic acids is 1. The third-order valence-electron chi connectivity index (χ3n) is 3.84. The molecule has 0 atom stereocenters. The lowest BCUT2D eigenvalue weighted by molar-refractivity contribution is 0.102. The minimum Gasteiger partial charge on any atom is -0.320 e. The highest BCUT2D eigenvalue weighted by Crippen LogP contribution is 2.30.